The molecular formula is C24H24N2O3. The van der Waals surface area contributed by atoms with E-state index >= 15 is 0 Å². The summed E-state index contributed by atoms with van der Waals surface area (Å²) in [4.78, 5) is 12.6. The Morgan fingerprint density at radius 3 is 2.38 bits per heavy atom. The first-order valence-corrected chi connectivity index (χ1v) is 9.73. The minimum Gasteiger partial charge on any atom is -0.497 e. The molecule has 29 heavy (non-hydrogen) atoms. The summed E-state index contributed by atoms with van der Waals surface area (Å²) in [6.07, 6.45) is -0.629. The van der Waals surface area contributed by atoms with Gasteiger partial charge in [-0.25, -0.2) is 0 Å². The van der Waals surface area contributed by atoms with Crippen LogP contribution in [0.25, 0.3) is 21.8 Å². The van der Waals surface area contributed by atoms with E-state index < -0.39 is 6.10 Å². The molecule has 3 aromatic carbocycles. The van der Waals surface area contributed by atoms with Crippen molar-refractivity contribution in [2.45, 2.75) is 26.5 Å². The number of carbonyl (C=O) groups excluding carboxylic acids is 1. The minimum atomic E-state index is -0.629. The highest BCUT2D eigenvalue weighted by atomic mass is 16.5. The first-order chi connectivity index (χ1) is 14.1. The lowest BCUT2D eigenvalue weighted by molar-refractivity contribution is -0.122. The Kier molecular flexibility index (Phi) is 5.12. The maximum atomic E-state index is 12.6. The van der Waals surface area contributed by atoms with Crippen LogP contribution < -0.4 is 14.8 Å². The van der Waals surface area contributed by atoms with Gasteiger partial charge in [0, 0.05) is 34.0 Å². The number of nitrogens with zero attached hydrogens (tertiary/aromatic N) is 1. The third-order valence-corrected chi connectivity index (χ3v) is 5.10. The number of amides is 1. The summed E-state index contributed by atoms with van der Waals surface area (Å²) in [6.45, 7) is 4.77. The molecule has 148 valence electrons. The van der Waals surface area contributed by atoms with E-state index in [0.717, 1.165) is 28.9 Å². The SMILES string of the molecule is CCn1c2ccccc2c2cc(NC(=O)[C@H](C)Oc3ccc(OC)cc3)ccc21. The van der Waals surface area contributed by atoms with Crippen molar-refractivity contribution in [1.29, 1.82) is 0 Å². The molecule has 1 heterocycles. The van der Waals surface area contributed by atoms with Gasteiger partial charge in [-0.2, -0.15) is 0 Å². The highest BCUT2D eigenvalue weighted by Gasteiger charge is 2.16. The summed E-state index contributed by atoms with van der Waals surface area (Å²) in [7, 11) is 1.61. The fraction of sp³-hybridized carbons (Fsp3) is 0.208. The molecule has 0 saturated carbocycles. The maximum absolute atomic E-state index is 12.6. The molecule has 1 amide bonds. The summed E-state index contributed by atoms with van der Waals surface area (Å²) < 4.78 is 13.2. The Morgan fingerprint density at radius 2 is 1.66 bits per heavy atom. The van der Waals surface area contributed by atoms with Gasteiger partial charge in [-0.1, -0.05) is 18.2 Å². The summed E-state index contributed by atoms with van der Waals surface area (Å²) in [5.41, 5.74) is 3.12. The van der Waals surface area contributed by atoms with Gasteiger partial charge in [0.05, 0.1) is 7.11 Å². The molecule has 0 aliphatic rings. The number of fused-ring (bicyclic) bond motifs is 3. The number of methoxy groups -OCH3 is 1. The number of carbonyl (C=O) groups is 1. The van der Waals surface area contributed by atoms with Gasteiger partial charge in [-0.05, 0) is 62.4 Å². The maximum Gasteiger partial charge on any atom is 0.265 e. The number of para-hydroxylation sites is 1. The number of hydrogen-bond donors (Lipinski definition) is 1. The molecule has 5 nitrogen and oxygen atoms in total. The van der Waals surface area contributed by atoms with Gasteiger partial charge < -0.3 is 19.4 Å². The zero-order valence-electron chi connectivity index (χ0n) is 16.8. The Bertz CT molecular complexity index is 1160. The molecule has 0 spiro atoms. The predicted octanol–water partition coefficient (Wildman–Crippen LogP) is 5.23. The second kappa shape index (κ2) is 7.87. The lowest BCUT2D eigenvalue weighted by atomic mass is 10.1. The Morgan fingerprint density at radius 1 is 0.966 bits per heavy atom. The molecule has 0 radical (unpaired) electrons. The van der Waals surface area contributed by atoms with Gasteiger partial charge in [0.15, 0.2) is 6.10 Å². The molecule has 1 aromatic heterocycles. The largest absolute Gasteiger partial charge is 0.497 e. The third-order valence-electron chi connectivity index (χ3n) is 5.10. The highest BCUT2D eigenvalue weighted by molar-refractivity contribution is 6.10. The fourth-order valence-electron chi connectivity index (χ4n) is 3.63. The zero-order chi connectivity index (χ0) is 20.4. The van der Waals surface area contributed by atoms with Crippen LogP contribution in [0, 0.1) is 0 Å². The summed E-state index contributed by atoms with van der Waals surface area (Å²) >= 11 is 0. The van der Waals surface area contributed by atoms with Crippen molar-refractivity contribution in [2.75, 3.05) is 12.4 Å². The molecule has 0 fully saturated rings. The number of ether oxygens (including phenoxy) is 2. The van der Waals surface area contributed by atoms with Crippen LogP contribution in [0.5, 0.6) is 11.5 Å². The number of anilines is 1. The number of nitrogens with one attached hydrogen (secondary N) is 1. The first-order valence-electron chi connectivity index (χ1n) is 9.73. The number of aromatic nitrogens is 1. The molecule has 4 rings (SSSR count). The molecular weight excluding hydrogens is 364 g/mol. The number of aryl methyl sites for hydroxylation is 1. The zero-order valence-corrected chi connectivity index (χ0v) is 16.8. The standard InChI is InChI=1S/C24H24N2O3/c1-4-26-22-8-6-5-7-20(22)21-15-17(9-14-23(21)26)25-24(27)16(2)29-19-12-10-18(28-3)11-13-19/h5-16H,4H2,1-3H3,(H,25,27)/t16-/m0/s1. The third kappa shape index (κ3) is 3.63. The van der Waals surface area contributed by atoms with Crippen molar-refractivity contribution >= 4 is 33.4 Å². The van der Waals surface area contributed by atoms with E-state index in [9.17, 15) is 4.79 Å². The molecule has 0 saturated heterocycles. The van der Waals surface area contributed by atoms with E-state index in [1.807, 2.05) is 24.3 Å². The predicted molar refractivity (Wildman–Crippen MR) is 117 cm³/mol. The van der Waals surface area contributed by atoms with Crippen LogP contribution >= 0.6 is 0 Å². The quantitative estimate of drug-likeness (QED) is 0.492. The van der Waals surface area contributed by atoms with E-state index in [1.54, 1.807) is 38.3 Å². The van der Waals surface area contributed by atoms with E-state index in [1.165, 1.54) is 10.9 Å². The molecule has 0 aliphatic carbocycles. The van der Waals surface area contributed by atoms with Crippen LogP contribution in [0.2, 0.25) is 0 Å². The van der Waals surface area contributed by atoms with Crippen LogP contribution in [0.3, 0.4) is 0 Å². The normalized spacial score (nSPS) is 12.1. The average Bonchev–Trinajstić information content (AvgIpc) is 3.07. The summed E-state index contributed by atoms with van der Waals surface area (Å²) in [5.74, 6) is 1.17. The van der Waals surface area contributed by atoms with Gasteiger partial charge in [0.1, 0.15) is 11.5 Å². The molecule has 0 unspecified atom stereocenters. The van der Waals surface area contributed by atoms with Gasteiger partial charge in [0.2, 0.25) is 0 Å². The summed E-state index contributed by atoms with van der Waals surface area (Å²) in [5, 5.41) is 5.28. The molecule has 0 bridgehead atoms. The molecule has 5 heteroatoms. The Hall–Kier alpha value is -3.47. The van der Waals surface area contributed by atoms with E-state index in [2.05, 4.69) is 35.0 Å². The number of rotatable bonds is 6. The minimum absolute atomic E-state index is 0.195. The Labute approximate surface area is 169 Å². The molecule has 4 aromatic rings. The Balaban J connectivity index is 1.55. The van der Waals surface area contributed by atoms with Crippen molar-refractivity contribution in [3.63, 3.8) is 0 Å². The molecule has 1 atom stereocenters. The van der Waals surface area contributed by atoms with E-state index in [0.29, 0.717) is 5.75 Å². The van der Waals surface area contributed by atoms with Gasteiger partial charge >= 0.3 is 0 Å². The molecule has 1 N–H and O–H groups in total. The van der Waals surface area contributed by atoms with E-state index in [-0.39, 0.29) is 5.91 Å². The fourth-order valence-corrected chi connectivity index (χ4v) is 3.63. The van der Waals surface area contributed by atoms with Crippen molar-refractivity contribution in [2.24, 2.45) is 0 Å². The van der Waals surface area contributed by atoms with Crippen molar-refractivity contribution in [1.82, 2.24) is 4.57 Å². The summed E-state index contributed by atoms with van der Waals surface area (Å²) in [6, 6.07) is 21.5. The second-order valence-corrected chi connectivity index (χ2v) is 6.92. The smallest absolute Gasteiger partial charge is 0.265 e. The van der Waals surface area contributed by atoms with Crippen molar-refractivity contribution in [3.05, 3.63) is 66.7 Å². The van der Waals surface area contributed by atoms with Gasteiger partial charge in [0.25, 0.3) is 5.91 Å². The van der Waals surface area contributed by atoms with Crippen LogP contribution in [0.4, 0.5) is 5.69 Å². The van der Waals surface area contributed by atoms with Gasteiger partial charge in [-0.15, -0.1) is 0 Å². The molecule has 0 aliphatic heterocycles. The van der Waals surface area contributed by atoms with E-state index in [4.69, 9.17) is 9.47 Å². The topological polar surface area (TPSA) is 52.5 Å². The number of hydrogen-bond acceptors (Lipinski definition) is 3. The van der Waals surface area contributed by atoms with Crippen LogP contribution in [-0.2, 0) is 11.3 Å². The first kappa shape index (κ1) is 18.9. The van der Waals surface area contributed by atoms with Crippen LogP contribution in [0.1, 0.15) is 13.8 Å². The highest BCUT2D eigenvalue weighted by Crippen LogP contribution is 2.31. The van der Waals surface area contributed by atoms with Crippen LogP contribution in [-0.4, -0.2) is 23.7 Å². The van der Waals surface area contributed by atoms with Crippen molar-refractivity contribution in [3.8, 4) is 11.5 Å². The lowest BCUT2D eigenvalue weighted by Gasteiger charge is -2.15. The van der Waals surface area contributed by atoms with Crippen LogP contribution in [0.15, 0.2) is 66.7 Å². The van der Waals surface area contributed by atoms with Gasteiger partial charge in [-0.3, -0.25) is 4.79 Å². The van der Waals surface area contributed by atoms with Crippen molar-refractivity contribution < 1.29 is 14.3 Å². The average molecular weight is 388 g/mol. The lowest BCUT2D eigenvalue weighted by Crippen LogP contribution is -2.30. The monoisotopic (exact) mass is 388 g/mol. The number of benzene rings is 3. The second-order valence-electron chi connectivity index (χ2n) is 6.92.